The van der Waals surface area contributed by atoms with Crippen LogP contribution in [0.3, 0.4) is 0 Å². The Morgan fingerprint density at radius 3 is 2.78 bits per heavy atom. The Morgan fingerprint density at radius 2 is 2.11 bits per heavy atom. The molecule has 0 aliphatic rings. The maximum absolute atomic E-state index is 13.0. The minimum atomic E-state index is -0.384. The van der Waals surface area contributed by atoms with E-state index in [0.29, 0.717) is 6.54 Å². The minimum absolute atomic E-state index is 0.154. The zero-order chi connectivity index (χ0) is 13.1. The van der Waals surface area contributed by atoms with Gasteiger partial charge >= 0.3 is 0 Å². The molecule has 0 bridgehead atoms. The number of aromatic nitrogens is 1. The Morgan fingerprint density at radius 1 is 1.33 bits per heavy atom. The predicted molar refractivity (Wildman–Crippen MR) is 72.3 cm³/mol. The second-order valence-corrected chi connectivity index (χ2v) is 5.03. The smallest absolute Gasteiger partial charge is 0.141 e. The van der Waals surface area contributed by atoms with Crippen LogP contribution in [0.25, 0.3) is 0 Å². The van der Waals surface area contributed by atoms with Crippen LogP contribution in [-0.4, -0.2) is 10.6 Å². The van der Waals surface area contributed by atoms with Gasteiger partial charge in [-0.05, 0) is 42.7 Å². The first kappa shape index (κ1) is 13.1. The van der Waals surface area contributed by atoms with Crippen molar-refractivity contribution in [1.82, 2.24) is 4.57 Å². The quantitative estimate of drug-likeness (QED) is 0.905. The van der Waals surface area contributed by atoms with Gasteiger partial charge in [-0.25, -0.2) is 4.39 Å². The number of hydrogen-bond acceptors (Lipinski definition) is 1. The lowest BCUT2D eigenvalue weighted by molar-refractivity contribution is 0.626. The largest absolute Gasteiger partial charge is 0.350 e. The van der Waals surface area contributed by atoms with Crippen molar-refractivity contribution in [1.29, 1.82) is 0 Å². The molecule has 1 atom stereocenters. The van der Waals surface area contributed by atoms with Crippen molar-refractivity contribution in [3.8, 4) is 0 Å². The van der Waals surface area contributed by atoms with Crippen molar-refractivity contribution < 1.29 is 4.39 Å². The summed E-state index contributed by atoms with van der Waals surface area (Å²) in [5.74, 6) is -0.384. The fourth-order valence-electron chi connectivity index (χ4n) is 1.93. The molecule has 18 heavy (non-hydrogen) atoms. The second kappa shape index (κ2) is 5.55. The Bertz CT molecular complexity index is 534. The maximum Gasteiger partial charge on any atom is 0.141 e. The number of benzene rings is 1. The summed E-state index contributed by atoms with van der Waals surface area (Å²) >= 11 is 5.75. The van der Waals surface area contributed by atoms with E-state index in [1.165, 1.54) is 11.6 Å². The number of nitrogens with zero attached hydrogens (tertiary/aromatic N) is 1. The molecule has 0 radical (unpaired) electrons. The van der Waals surface area contributed by atoms with E-state index in [9.17, 15) is 4.39 Å². The third-order valence-electron chi connectivity index (χ3n) is 2.72. The van der Waals surface area contributed by atoms with Crippen molar-refractivity contribution in [2.75, 3.05) is 0 Å². The summed E-state index contributed by atoms with van der Waals surface area (Å²) in [5, 5.41) is 0.162. The Balaban J connectivity index is 2.08. The van der Waals surface area contributed by atoms with Crippen molar-refractivity contribution in [3.05, 3.63) is 58.6 Å². The molecule has 2 nitrogen and oxygen atoms in total. The lowest BCUT2D eigenvalue weighted by atomic mass is 10.1. The predicted octanol–water partition coefficient (Wildman–Crippen LogP) is 3.22. The molecule has 1 heterocycles. The van der Waals surface area contributed by atoms with E-state index in [2.05, 4.69) is 12.3 Å². The van der Waals surface area contributed by atoms with Gasteiger partial charge in [0, 0.05) is 25.0 Å². The standard InChI is InChI=1S/C14H16ClFN2/c1-10(17)6-12-4-5-18(9-12)8-11-2-3-14(16)13(15)7-11/h2-5,7,9-10H,6,8,17H2,1H3. The molecule has 2 N–H and O–H groups in total. The first-order valence-electron chi connectivity index (χ1n) is 5.89. The molecule has 2 rings (SSSR count). The molecule has 1 aromatic heterocycles. The number of nitrogens with two attached hydrogens (primary N) is 1. The molecule has 1 unspecified atom stereocenters. The van der Waals surface area contributed by atoms with Gasteiger partial charge in [0.05, 0.1) is 5.02 Å². The normalized spacial score (nSPS) is 12.7. The van der Waals surface area contributed by atoms with Crippen LogP contribution in [0.4, 0.5) is 4.39 Å². The van der Waals surface area contributed by atoms with E-state index in [0.717, 1.165) is 12.0 Å². The molecule has 4 heteroatoms. The molecule has 0 amide bonds. The zero-order valence-electron chi connectivity index (χ0n) is 10.2. The van der Waals surface area contributed by atoms with Crippen LogP contribution in [0.15, 0.2) is 36.7 Å². The fourth-order valence-corrected chi connectivity index (χ4v) is 2.13. The molecule has 0 aliphatic heterocycles. The summed E-state index contributed by atoms with van der Waals surface area (Å²) in [5.41, 5.74) is 7.94. The highest BCUT2D eigenvalue weighted by Gasteiger charge is 2.03. The van der Waals surface area contributed by atoms with Gasteiger partial charge in [0.1, 0.15) is 5.82 Å². The molecule has 2 aromatic rings. The van der Waals surface area contributed by atoms with Crippen molar-refractivity contribution >= 4 is 11.6 Å². The maximum atomic E-state index is 13.0. The van der Waals surface area contributed by atoms with Gasteiger partial charge in [0.15, 0.2) is 0 Å². The molecule has 1 aromatic carbocycles. The highest BCUT2D eigenvalue weighted by Crippen LogP contribution is 2.17. The fraction of sp³-hybridized carbons (Fsp3) is 0.286. The highest BCUT2D eigenvalue weighted by atomic mass is 35.5. The van der Waals surface area contributed by atoms with Gasteiger partial charge in [-0.1, -0.05) is 17.7 Å². The first-order chi connectivity index (χ1) is 8.54. The van der Waals surface area contributed by atoms with Gasteiger partial charge in [0.25, 0.3) is 0 Å². The van der Waals surface area contributed by atoms with Crippen LogP contribution in [0.1, 0.15) is 18.1 Å². The molecular formula is C14H16ClFN2. The Kier molecular flexibility index (Phi) is 4.04. The summed E-state index contributed by atoms with van der Waals surface area (Å²) in [6.07, 6.45) is 4.91. The van der Waals surface area contributed by atoms with E-state index in [-0.39, 0.29) is 16.9 Å². The molecule has 96 valence electrons. The van der Waals surface area contributed by atoms with E-state index in [4.69, 9.17) is 17.3 Å². The molecular weight excluding hydrogens is 251 g/mol. The van der Waals surface area contributed by atoms with E-state index in [1.54, 1.807) is 12.1 Å². The highest BCUT2D eigenvalue weighted by molar-refractivity contribution is 6.30. The molecule has 0 fully saturated rings. The van der Waals surface area contributed by atoms with Crippen molar-refractivity contribution in [2.45, 2.75) is 25.9 Å². The van der Waals surface area contributed by atoms with Gasteiger partial charge in [-0.3, -0.25) is 0 Å². The third kappa shape index (κ3) is 3.34. The van der Waals surface area contributed by atoms with Crippen LogP contribution in [0.5, 0.6) is 0 Å². The number of halogens is 2. The molecule has 0 spiro atoms. The van der Waals surface area contributed by atoms with E-state index >= 15 is 0 Å². The van der Waals surface area contributed by atoms with Gasteiger partial charge in [-0.2, -0.15) is 0 Å². The molecule has 0 aliphatic carbocycles. The SMILES string of the molecule is CC(N)Cc1ccn(Cc2ccc(F)c(Cl)c2)c1. The van der Waals surface area contributed by atoms with E-state index < -0.39 is 0 Å². The topological polar surface area (TPSA) is 30.9 Å². The first-order valence-corrected chi connectivity index (χ1v) is 6.26. The van der Waals surface area contributed by atoms with Crippen LogP contribution >= 0.6 is 11.6 Å². The number of rotatable bonds is 4. The van der Waals surface area contributed by atoms with Crippen molar-refractivity contribution in [3.63, 3.8) is 0 Å². The van der Waals surface area contributed by atoms with Gasteiger partial charge in [-0.15, -0.1) is 0 Å². The van der Waals surface area contributed by atoms with Crippen LogP contribution in [0.2, 0.25) is 5.02 Å². The van der Waals surface area contributed by atoms with Crippen molar-refractivity contribution in [2.24, 2.45) is 5.73 Å². The van der Waals surface area contributed by atoms with Gasteiger partial charge < -0.3 is 10.3 Å². The Hall–Kier alpha value is -1.32. The summed E-state index contributed by atoms with van der Waals surface area (Å²) in [4.78, 5) is 0. The van der Waals surface area contributed by atoms with Crippen LogP contribution < -0.4 is 5.73 Å². The average molecular weight is 267 g/mol. The number of hydrogen-bond donors (Lipinski definition) is 1. The summed E-state index contributed by atoms with van der Waals surface area (Å²) < 4.78 is 15.1. The van der Waals surface area contributed by atoms with Gasteiger partial charge in [0.2, 0.25) is 0 Å². The summed E-state index contributed by atoms with van der Waals surface area (Å²) in [6.45, 7) is 2.66. The summed E-state index contributed by atoms with van der Waals surface area (Å²) in [7, 11) is 0. The zero-order valence-corrected chi connectivity index (χ0v) is 11.0. The van der Waals surface area contributed by atoms with E-state index in [1.807, 2.05) is 17.7 Å². The molecule has 0 saturated carbocycles. The van der Waals surface area contributed by atoms with Crippen LogP contribution in [0, 0.1) is 5.82 Å². The van der Waals surface area contributed by atoms with Crippen LogP contribution in [-0.2, 0) is 13.0 Å². The monoisotopic (exact) mass is 266 g/mol. The third-order valence-corrected chi connectivity index (χ3v) is 3.01. The lowest BCUT2D eigenvalue weighted by Gasteiger charge is -2.05. The Labute approximate surface area is 111 Å². The molecule has 0 saturated heterocycles. The minimum Gasteiger partial charge on any atom is -0.350 e. The average Bonchev–Trinajstić information content (AvgIpc) is 2.70. The second-order valence-electron chi connectivity index (χ2n) is 4.62. The lowest BCUT2D eigenvalue weighted by Crippen LogP contribution is -2.17. The summed E-state index contributed by atoms with van der Waals surface area (Å²) in [6, 6.07) is 6.99.